The molecule has 1 saturated heterocycles. The van der Waals surface area contributed by atoms with Gasteiger partial charge < -0.3 is 10.1 Å². The van der Waals surface area contributed by atoms with Gasteiger partial charge in [-0.2, -0.15) is 0 Å². The molecule has 0 amide bonds. The summed E-state index contributed by atoms with van der Waals surface area (Å²) in [6.45, 7) is 14.4. The zero-order valence-corrected chi connectivity index (χ0v) is 14.9. The monoisotopic (exact) mass is 304 g/mol. The molecule has 0 spiro atoms. The van der Waals surface area contributed by atoms with E-state index in [1.807, 2.05) is 0 Å². The zero-order valence-electron chi connectivity index (χ0n) is 14.9. The molecule has 1 aromatic carbocycles. The van der Waals surface area contributed by atoms with Gasteiger partial charge in [-0.1, -0.05) is 12.1 Å². The first kappa shape index (κ1) is 17.3. The Kier molecular flexibility index (Phi) is 5.87. The molecule has 1 N–H and O–H groups in total. The average molecular weight is 304 g/mol. The van der Waals surface area contributed by atoms with Gasteiger partial charge in [0.2, 0.25) is 0 Å². The Balaban J connectivity index is 1.75. The molecule has 22 heavy (non-hydrogen) atoms. The summed E-state index contributed by atoms with van der Waals surface area (Å²) in [6, 6.07) is 9.10. The van der Waals surface area contributed by atoms with E-state index >= 15 is 0 Å². The second kappa shape index (κ2) is 7.47. The first-order valence-corrected chi connectivity index (χ1v) is 8.58. The van der Waals surface area contributed by atoms with Crippen molar-refractivity contribution in [3.8, 4) is 5.75 Å². The number of hydrogen-bond acceptors (Lipinski definition) is 3. The van der Waals surface area contributed by atoms with Crippen molar-refractivity contribution < 1.29 is 4.74 Å². The number of piperidine rings is 1. The van der Waals surface area contributed by atoms with Crippen molar-refractivity contribution in [1.82, 2.24) is 10.2 Å². The van der Waals surface area contributed by atoms with E-state index in [1.54, 1.807) is 0 Å². The lowest BCUT2D eigenvalue weighted by Crippen LogP contribution is -2.49. The molecule has 124 valence electrons. The Labute approximate surface area is 136 Å². The van der Waals surface area contributed by atoms with E-state index in [0.29, 0.717) is 11.6 Å². The van der Waals surface area contributed by atoms with Crippen LogP contribution >= 0.6 is 0 Å². The molecule has 1 heterocycles. The topological polar surface area (TPSA) is 24.5 Å². The summed E-state index contributed by atoms with van der Waals surface area (Å²) in [5, 5.41) is 3.70. The summed E-state index contributed by atoms with van der Waals surface area (Å²) >= 11 is 0. The smallest absolute Gasteiger partial charge is 0.119 e. The van der Waals surface area contributed by atoms with Gasteiger partial charge in [-0.3, -0.25) is 4.90 Å². The molecule has 1 aromatic rings. The molecular weight excluding hydrogens is 272 g/mol. The molecule has 0 radical (unpaired) electrons. The maximum absolute atomic E-state index is 5.68. The van der Waals surface area contributed by atoms with Crippen LogP contribution in [0.15, 0.2) is 24.3 Å². The van der Waals surface area contributed by atoms with Crippen LogP contribution in [0.2, 0.25) is 0 Å². The van der Waals surface area contributed by atoms with Gasteiger partial charge in [-0.15, -0.1) is 0 Å². The Morgan fingerprint density at radius 2 is 1.73 bits per heavy atom. The molecule has 0 unspecified atom stereocenters. The highest BCUT2D eigenvalue weighted by atomic mass is 16.5. The molecule has 0 atom stereocenters. The molecule has 1 aliphatic heterocycles. The van der Waals surface area contributed by atoms with Crippen LogP contribution in [0.5, 0.6) is 5.75 Å². The number of hydrogen-bond donors (Lipinski definition) is 1. The van der Waals surface area contributed by atoms with E-state index in [1.165, 1.54) is 31.5 Å². The van der Waals surface area contributed by atoms with Crippen LogP contribution < -0.4 is 10.1 Å². The third-order valence-corrected chi connectivity index (χ3v) is 4.33. The SMILES string of the molecule is CC(C)Oc1ccc(CNC2CCN(C(C)(C)C)CC2)cc1. The summed E-state index contributed by atoms with van der Waals surface area (Å²) in [5.74, 6) is 0.956. The van der Waals surface area contributed by atoms with E-state index < -0.39 is 0 Å². The second-order valence-electron chi connectivity index (χ2n) is 7.62. The number of ether oxygens (including phenoxy) is 1. The van der Waals surface area contributed by atoms with Gasteiger partial charge in [-0.25, -0.2) is 0 Å². The fraction of sp³-hybridized carbons (Fsp3) is 0.684. The van der Waals surface area contributed by atoms with E-state index in [-0.39, 0.29) is 6.10 Å². The van der Waals surface area contributed by atoms with Gasteiger partial charge >= 0.3 is 0 Å². The van der Waals surface area contributed by atoms with Gasteiger partial charge in [0.05, 0.1) is 6.10 Å². The van der Waals surface area contributed by atoms with Gasteiger partial charge in [0.1, 0.15) is 5.75 Å². The minimum Gasteiger partial charge on any atom is -0.491 e. The van der Waals surface area contributed by atoms with E-state index in [9.17, 15) is 0 Å². The fourth-order valence-electron chi connectivity index (χ4n) is 2.97. The van der Waals surface area contributed by atoms with Crippen molar-refractivity contribution in [3.05, 3.63) is 29.8 Å². The summed E-state index contributed by atoms with van der Waals surface area (Å²) in [6.07, 6.45) is 2.72. The molecule has 3 heteroatoms. The van der Waals surface area contributed by atoms with Crippen LogP contribution in [0.3, 0.4) is 0 Å². The number of benzene rings is 1. The molecular formula is C19H32N2O. The highest BCUT2D eigenvalue weighted by molar-refractivity contribution is 5.27. The van der Waals surface area contributed by atoms with Crippen molar-refractivity contribution in [3.63, 3.8) is 0 Å². The first-order valence-electron chi connectivity index (χ1n) is 8.58. The molecule has 1 fully saturated rings. The van der Waals surface area contributed by atoms with E-state index in [2.05, 4.69) is 69.1 Å². The first-order chi connectivity index (χ1) is 10.3. The van der Waals surface area contributed by atoms with Crippen LogP contribution in [-0.2, 0) is 6.54 Å². The van der Waals surface area contributed by atoms with Crippen molar-refractivity contribution in [2.24, 2.45) is 0 Å². The van der Waals surface area contributed by atoms with Crippen LogP contribution in [0.25, 0.3) is 0 Å². The molecule has 3 nitrogen and oxygen atoms in total. The zero-order chi connectivity index (χ0) is 16.2. The minimum atomic E-state index is 0.233. The van der Waals surface area contributed by atoms with Gasteiger partial charge in [0.25, 0.3) is 0 Å². The third-order valence-electron chi connectivity index (χ3n) is 4.33. The van der Waals surface area contributed by atoms with E-state index in [0.717, 1.165) is 12.3 Å². The highest BCUT2D eigenvalue weighted by Gasteiger charge is 2.26. The van der Waals surface area contributed by atoms with Crippen molar-refractivity contribution in [1.29, 1.82) is 0 Å². The summed E-state index contributed by atoms with van der Waals surface area (Å²) in [5.41, 5.74) is 1.63. The lowest BCUT2D eigenvalue weighted by Gasteiger charge is -2.41. The maximum atomic E-state index is 5.68. The summed E-state index contributed by atoms with van der Waals surface area (Å²) in [7, 11) is 0. The molecule has 2 rings (SSSR count). The average Bonchev–Trinajstić information content (AvgIpc) is 2.45. The number of rotatable bonds is 5. The van der Waals surface area contributed by atoms with Crippen LogP contribution in [0.4, 0.5) is 0 Å². The maximum Gasteiger partial charge on any atom is 0.119 e. The lowest BCUT2D eigenvalue weighted by molar-refractivity contribution is 0.0960. The standard InChI is InChI=1S/C19H32N2O/c1-15(2)22-18-8-6-16(7-9-18)14-20-17-10-12-21(13-11-17)19(3,4)5/h6-9,15,17,20H,10-14H2,1-5H3. The summed E-state index contributed by atoms with van der Waals surface area (Å²) < 4.78 is 5.68. The third kappa shape index (κ3) is 5.29. The second-order valence-corrected chi connectivity index (χ2v) is 7.62. The lowest BCUT2D eigenvalue weighted by atomic mass is 9.98. The van der Waals surface area contributed by atoms with Crippen molar-refractivity contribution >= 4 is 0 Å². The quantitative estimate of drug-likeness (QED) is 0.895. The van der Waals surface area contributed by atoms with Gasteiger partial charge in [0, 0.05) is 31.2 Å². The van der Waals surface area contributed by atoms with Gasteiger partial charge in [0.15, 0.2) is 0 Å². The molecule has 0 aromatic heterocycles. The van der Waals surface area contributed by atoms with Gasteiger partial charge in [-0.05, 0) is 65.2 Å². The normalized spacial score (nSPS) is 17.9. The highest BCUT2D eigenvalue weighted by Crippen LogP contribution is 2.20. The Bertz CT molecular complexity index is 439. The predicted octanol–water partition coefficient (Wildman–Crippen LogP) is 3.83. The number of nitrogens with zero attached hydrogens (tertiary/aromatic N) is 1. The number of nitrogens with one attached hydrogen (secondary N) is 1. The summed E-state index contributed by atoms with van der Waals surface area (Å²) in [4.78, 5) is 2.59. The molecule has 0 bridgehead atoms. The Morgan fingerprint density at radius 3 is 2.23 bits per heavy atom. The number of likely N-dealkylation sites (tertiary alicyclic amines) is 1. The Hall–Kier alpha value is -1.06. The van der Waals surface area contributed by atoms with Crippen LogP contribution in [0, 0.1) is 0 Å². The van der Waals surface area contributed by atoms with Crippen molar-refractivity contribution in [2.75, 3.05) is 13.1 Å². The minimum absolute atomic E-state index is 0.233. The van der Waals surface area contributed by atoms with Crippen molar-refractivity contribution in [2.45, 2.75) is 71.7 Å². The van der Waals surface area contributed by atoms with Crippen LogP contribution in [-0.4, -0.2) is 35.7 Å². The fourth-order valence-corrected chi connectivity index (χ4v) is 2.97. The molecule has 0 saturated carbocycles. The van der Waals surface area contributed by atoms with Crippen LogP contribution in [0.1, 0.15) is 53.0 Å². The molecule has 0 aliphatic carbocycles. The Morgan fingerprint density at radius 1 is 1.14 bits per heavy atom. The molecule has 1 aliphatic rings. The largest absolute Gasteiger partial charge is 0.491 e. The predicted molar refractivity (Wildman–Crippen MR) is 93.4 cm³/mol. The van der Waals surface area contributed by atoms with E-state index in [4.69, 9.17) is 4.74 Å².